The second kappa shape index (κ2) is 2.39. The summed E-state index contributed by atoms with van der Waals surface area (Å²) in [6.45, 7) is 0. The molecule has 0 radical (unpaired) electrons. The Morgan fingerprint density at radius 3 is 2.91 bits per heavy atom. The van der Waals surface area contributed by atoms with Gasteiger partial charge in [0.2, 0.25) is 5.11 Å². The maximum atomic E-state index is 5.08. The van der Waals surface area contributed by atoms with Crippen molar-refractivity contribution in [3.8, 4) is 0 Å². The van der Waals surface area contributed by atoms with Crippen LogP contribution < -0.4 is 0 Å². The fourth-order valence-corrected chi connectivity index (χ4v) is 0.971. The van der Waals surface area contributed by atoms with Gasteiger partial charge in [0.05, 0.1) is 12.5 Å². The van der Waals surface area contributed by atoms with Crippen molar-refractivity contribution in [1.29, 1.82) is 0 Å². The summed E-state index contributed by atoms with van der Waals surface area (Å²) in [6, 6.07) is 3.62. The highest BCUT2D eigenvalue weighted by Gasteiger charge is 2.09. The van der Waals surface area contributed by atoms with Crippen molar-refractivity contribution in [2.24, 2.45) is 9.98 Å². The van der Waals surface area contributed by atoms with E-state index in [1.807, 2.05) is 6.07 Å². The summed E-state index contributed by atoms with van der Waals surface area (Å²) < 4.78 is 5.08. The third kappa shape index (κ3) is 1.12. The summed E-state index contributed by atoms with van der Waals surface area (Å²) in [5.74, 6) is 0.702. The summed E-state index contributed by atoms with van der Waals surface area (Å²) in [5, 5.41) is 0.358. The lowest BCUT2D eigenvalue weighted by molar-refractivity contribution is 0.559. The smallest absolute Gasteiger partial charge is 0.219 e. The molecule has 0 bridgehead atoms. The average Bonchev–Trinajstić information content (AvgIpc) is 2.55. The van der Waals surface area contributed by atoms with Crippen molar-refractivity contribution in [1.82, 2.24) is 0 Å². The number of thiocarbonyl (C=S) groups is 1. The molecule has 0 saturated heterocycles. The summed E-state index contributed by atoms with van der Waals surface area (Å²) >= 11 is 4.74. The quantitative estimate of drug-likeness (QED) is 0.589. The molecule has 54 valence electrons. The van der Waals surface area contributed by atoms with E-state index in [0.29, 0.717) is 16.6 Å². The van der Waals surface area contributed by atoms with Crippen molar-refractivity contribution >= 4 is 29.3 Å². The second-order valence-electron chi connectivity index (χ2n) is 2.02. The van der Waals surface area contributed by atoms with Crippen LogP contribution in [0.3, 0.4) is 0 Å². The molecule has 4 heteroatoms. The molecule has 1 aromatic rings. The first-order valence-electron chi connectivity index (χ1n) is 3.07. The van der Waals surface area contributed by atoms with E-state index in [1.54, 1.807) is 18.5 Å². The van der Waals surface area contributed by atoms with Crippen molar-refractivity contribution in [2.75, 3.05) is 0 Å². The predicted octanol–water partition coefficient (Wildman–Crippen LogP) is 1.44. The largest absolute Gasteiger partial charge is 0.463 e. The Balaban J connectivity index is 2.40. The molecule has 1 aromatic heterocycles. The third-order valence-electron chi connectivity index (χ3n) is 1.29. The molecule has 0 fully saturated rings. The van der Waals surface area contributed by atoms with Gasteiger partial charge in [-0.3, -0.25) is 0 Å². The summed E-state index contributed by atoms with van der Waals surface area (Å²) in [7, 11) is 0. The van der Waals surface area contributed by atoms with Crippen LogP contribution in [0.1, 0.15) is 5.76 Å². The molecule has 0 saturated carbocycles. The third-order valence-corrected chi connectivity index (χ3v) is 1.48. The molecular weight excluding hydrogens is 160 g/mol. The van der Waals surface area contributed by atoms with Gasteiger partial charge in [0.1, 0.15) is 5.71 Å². The van der Waals surface area contributed by atoms with Crippen LogP contribution in [0.25, 0.3) is 0 Å². The normalized spacial score (nSPS) is 15.6. The second-order valence-corrected chi connectivity index (χ2v) is 2.38. The summed E-state index contributed by atoms with van der Waals surface area (Å²) in [6.07, 6.45) is 3.19. The van der Waals surface area contributed by atoms with Crippen LogP contribution >= 0.6 is 12.2 Å². The van der Waals surface area contributed by atoms with Crippen LogP contribution in [0.2, 0.25) is 0 Å². The lowest BCUT2D eigenvalue weighted by atomic mass is 10.3. The SMILES string of the molecule is S=C1N=CC(c2ccco2)=N1. The Kier molecular flexibility index (Phi) is 1.40. The maximum Gasteiger partial charge on any atom is 0.219 e. The first-order chi connectivity index (χ1) is 5.36. The molecule has 1 aliphatic rings. The molecule has 2 rings (SSSR count). The number of furan rings is 1. The summed E-state index contributed by atoms with van der Waals surface area (Å²) in [5.41, 5.74) is 0.694. The zero-order valence-corrected chi connectivity index (χ0v) is 6.34. The molecule has 0 N–H and O–H groups in total. The molecule has 1 aliphatic heterocycles. The molecule has 0 amide bonds. The number of rotatable bonds is 1. The zero-order chi connectivity index (χ0) is 7.68. The van der Waals surface area contributed by atoms with Crippen LogP contribution in [0.4, 0.5) is 0 Å². The topological polar surface area (TPSA) is 37.9 Å². The van der Waals surface area contributed by atoms with Gasteiger partial charge in [0, 0.05) is 0 Å². The van der Waals surface area contributed by atoms with Crippen molar-refractivity contribution in [2.45, 2.75) is 0 Å². The number of hydrogen-bond acceptors (Lipinski definition) is 2. The minimum Gasteiger partial charge on any atom is -0.463 e. The van der Waals surface area contributed by atoms with Gasteiger partial charge in [-0.1, -0.05) is 0 Å². The van der Waals surface area contributed by atoms with E-state index in [9.17, 15) is 0 Å². The minimum atomic E-state index is 0.358. The number of nitrogens with zero attached hydrogens (tertiary/aromatic N) is 2. The van der Waals surface area contributed by atoms with Crippen LogP contribution in [-0.2, 0) is 0 Å². The summed E-state index contributed by atoms with van der Waals surface area (Å²) in [4.78, 5) is 7.78. The first kappa shape index (κ1) is 6.42. The highest BCUT2D eigenvalue weighted by atomic mass is 32.1. The van der Waals surface area contributed by atoms with E-state index < -0.39 is 0 Å². The lowest BCUT2D eigenvalue weighted by Crippen LogP contribution is -1.95. The van der Waals surface area contributed by atoms with E-state index in [-0.39, 0.29) is 0 Å². The van der Waals surface area contributed by atoms with Gasteiger partial charge in [0.15, 0.2) is 5.76 Å². The van der Waals surface area contributed by atoms with Crippen molar-refractivity contribution < 1.29 is 4.42 Å². The molecular formula is C7H4N2OS. The van der Waals surface area contributed by atoms with Gasteiger partial charge in [-0.2, -0.15) is 0 Å². The van der Waals surface area contributed by atoms with Crippen molar-refractivity contribution in [3.05, 3.63) is 24.2 Å². The molecule has 3 nitrogen and oxygen atoms in total. The van der Waals surface area contributed by atoms with E-state index in [0.717, 1.165) is 0 Å². The first-order valence-corrected chi connectivity index (χ1v) is 3.48. The van der Waals surface area contributed by atoms with E-state index in [2.05, 4.69) is 9.98 Å². The number of hydrogen-bond donors (Lipinski definition) is 0. The van der Waals surface area contributed by atoms with Crippen LogP contribution in [0.15, 0.2) is 32.8 Å². The number of aliphatic imine (C=N–C) groups is 2. The molecule has 0 unspecified atom stereocenters. The lowest BCUT2D eigenvalue weighted by Gasteiger charge is -1.85. The Labute approximate surface area is 68.5 Å². The van der Waals surface area contributed by atoms with Gasteiger partial charge in [-0.05, 0) is 24.4 Å². The van der Waals surface area contributed by atoms with E-state index in [1.165, 1.54) is 0 Å². The fraction of sp³-hybridized carbons (Fsp3) is 0. The Morgan fingerprint density at radius 2 is 2.36 bits per heavy atom. The van der Waals surface area contributed by atoms with Crippen LogP contribution in [0.5, 0.6) is 0 Å². The fourth-order valence-electron chi connectivity index (χ4n) is 0.820. The molecule has 11 heavy (non-hydrogen) atoms. The average molecular weight is 164 g/mol. The Hall–Kier alpha value is -1.29. The maximum absolute atomic E-state index is 5.08. The van der Waals surface area contributed by atoms with Gasteiger partial charge in [0.25, 0.3) is 0 Å². The van der Waals surface area contributed by atoms with E-state index >= 15 is 0 Å². The van der Waals surface area contributed by atoms with Gasteiger partial charge in [-0.15, -0.1) is 0 Å². The van der Waals surface area contributed by atoms with Crippen LogP contribution in [-0.4, -0.2) is 17.0 Å². The van der Waals surface area contributed by atoms with Crippen molar-refractivity contribution in [3.63, 3.8) is 0 Å². The molecule has 0 atom stereocenters. The monoisotopic (exact) mass is 164 g/mol. The highest BCUT2D eigenvalue weighted by molar-refractivity contribution is 7.80. The molecule has 0 aromatic carbocycles. The van der Waals surface area contributed by atoms with Gasteiger partial charge >= 0.3 is 0 Å². The molecule has 0 spiro atoms. The predicted molar refractivity (Wildman–Crippen MR) is 46.3 cm³/mol. The Morgan fingerprint density at radius 1 is 1.45 bits per heavy atom. The van der Waals surface area contributed by atoms with Crippen LogP contribution in [0, 0.1) is 0 Å². The molecule has 0 aliphatic carbocycles. The minimum absolute atomic E-state index is 0.358. The van der Waals surface area contributed by atoms with Gasteiger partial charge < -0.3 is 4.42 Å². The standard InChI is InChI=1S/C7H4N2OS/c11-7-8-4-5(9-7)6-2-1-3-10-6/h1-4H. The Bertz CT molecular complexity index is 337. The molecule has 2 heterocycles. The van der Waals surface area contributed by atoms with E-state index in [4.69, 9.17) is 16.6 Å². The van der Waals surface area contributed by atoms with Gasteiger partial charge in [-0.25, -0.2) is 9.98 Å². The highest BCUT2D eigenvalue weighted by Crippen LogP contribution is 2.05. The zero-order valence-electron chi connectivity index (χ0n) is 5.52.